The van der Waals surface area contributed by atoms with Gasteiger partial charge in [-0.2, -0.15) is 0 Å². The largest absolute Gasteiger partial charge is 0.361 e. The van der Waals surface area contributed by atoms with Gasteiger partial charge in [-0.05, 0) is 19.4 Å². The van der Waals surface area contributed by atoms with Gasteiger partial charge in [-0.25, -0.2) is 0 Å². The van der Waals surface area contributed by atoms with Gasteiger partial charge in [0, 0.05) is 11.3 Å². The van der Waals surface area contributed by atoms with Crippen LogP contribution in [0.2, 0.25) is 0 Å². The highest BCUT2D eigenvalue weighted by molar-refractivity contribution is 8.00. The summed E-state index contributed by atoms with van der Waals surface area (Å²) in [5.41, 5.74) is 2.77. The molecule has 0 aliphatic rings. The molecule has 0 bridgehead atoms. The van der Waals surface area contributed by atoms with E-state index in [2.05, 4.69) is 32.8 Å². The topological polar surface area (TPSA) is 80.9 Å². The molecule has 124 valence electrons. The third kappa shape index (κ3) is 4.21. The number of hydrogen-bond donors (Lipinski definition) is 1. The minimum Gasteiger partial charge on any atom is -0.361 e. The Morgan fingerprint density at radius 2 is 2.04 bits per heavy atom. The molecule has 2 heterocycles. The number of aromatic nitrogens is 3. The number of anilines is 1. The predicted octanol–water partition coefficient (Wildman–Crippen LogP) is 3.62. The van der Waals surface area contributed by atoms with Crippen LogP contribution in [0.25, 0.3) is 0 Å². The van der Waals surface area contributed by atoms with Gasteiger partial charge >= 0.3 is 0 Å². The average Bonchev–Trinajstić information content (AvgIpc) is 3.15. The average molecular weight is 360 g/mol. The Morgan fingerprint density at radius 3 is 2.75 bits per heavy atom. The summed E-state index contributed by atoms with van der Waals surface area (Å²) in [5.74, 6) is 1.34. The van der Waals surface area contributed by atoms with E-state index in [1.807, 2.05) is 25.1 Å². The number of amides is 1. The van der Waals surface area contributed by atoms with Gasteiger partial charge in [-0.3, -0.25) is 4.79 Å². The van der Waals surface area contributed by atoms with Crippen LogP contribution in [-0.4, -0.2) is 21.3 Å². The zero-order chi connectivity index (χ0) is 16.9. The van der Waals surface area contributed by atoms with Crippen molar-refractivity contribution in [3.63, 3.8) is 0 Å². The lowest BCUT2D eigenvalue weighted by molar-refractivity contribution is -0.115. The van der Waals surface area contributed by atoms with E-state index in [0.29, 0.717) is 10.9 Å². The third-order valence-electron chi connectivity index (χ3n) is 3.38. The summed E-state index contributed by atoms with van der Waals surface area (Å²) in [6, 6.07) is 10.2. The van der Waals surface area contributed by atoms with E-state index in [1.165, 1.54) is 16.9 Å². The van der Waals surface area contributed by atoms with E-state index in [9.17, 15) is 4.79 Å². The van der Waals surface area contributed by atoms with Crippen LogP contribution in [0.15, 0.2) is 39.2 Å². The number of thioether (sulfide) groups is 1. The van der Waals surface area contributed by atoms with Crippen molar-refractivity contribution in [1.29, 1.82) is 0 Å². The SMILES string of the molecule is Cc1noc(C)c1CC(=O)Nc1nnc(SCc2ccccc2)s1. The fraction of sp³-hybridized carbons (Fsp3) is 0.250. The number of nitrogens with one attached hydrogen (secondary N) is 1. The first kappa shape index (κ1) is 16.7. The summed E-state index contributed by atoms with van der Waals surface area (Å²) in [6.45, 7) is 3.62. The van der Waals surface area contributed by atoms with E-state index in [-0.39, 0.29) is 12.3 Å². The number of rotatable bonds is 6. The summed E-state index contributed by atoms with van der Waals surface area (Å²) in [4.78, 5) is 12.1. The molecule has 0 unspecified atom stereocenters. The van der Waals surface area contributed by atoms with Crippen LogP contribution in [0.4, 0.5) is 5.13 Å². The zero-order valence-electron chi connectivity index (χ0n) is 13.3. The van der Waals surface area contributed by atoms with E-state index >= 15 is 0 Å². The van der Waals surface area contributed by atoms with Crippen LogP contribution < -0.4 is 5.32 Å². The molecule has 0 spiro atoms. The maximum atomic E-state index is 12.1. The molecule has 1 amide bonds. The van der Waals surface area contributed by atoms with Crippen LogP contribution >= 0.6 is 23.1 Å². The van der Waals surface area contributed by atoms with Crippen molar-refractivity contribution in [2.45, 2.75) is 30.4 Å². The normalized spacial score (nSPS) is 10.8. The molecule has 3 rings (SSSR count). The van der Waals surface area contributed by atoms with E-state index in [1.54, 1.807) is 18.7 Å². The Kier molecular flexibility index (Phi) is 5.27. The molecule has 1 N–H and O–H groups in total. The monoisotopic (exact) mass is 360 g/mol. The second-order valence-electron chi connectivity index (χ2n) is 5.18. The van der Waals surface area contributed by atoms with Crippen molar-refractivity contribution in [2.75, 3.05) is 5.32 Å². The molecule has 0 aliphatic heterocycles. The number of carbonyl (C=O) groups excluding carboxylic acids is 1. The lowest BCUT2D eigenvalue weighted by Gasteiger charge is -2.00. The molecule has 0 fully saturated rings. The molecule has 0 aliphatic carbocycles. The smallest absolute Gasteiger partial charge is 0.230 e. The molecule has 6 nitrogen and oxygen atoms in total. The van der Waals surface area contributed by atoms with Crippen molar-refractivity contribution in [3.8, 4) is 0 Å². The quantitative estimate of drug-likeness (QED) is 0.534. The standard InChI is InChI=1S/C16H16N4O2S2/c1-10-13(11(2)22-20-10)8-14(21)17-15-18-19-16(24-15)23-9-12-6-4-3-5-7-12/h3-7H,8-9H2,1-2H3,(H,17,18,21). The summed E-state index contributed by atoms with van der Waals surface area (Å²) in [6.07, 6.45) is 0.216. The van der Waals surface area contributed by atoms with Gasteiger partial charge in [0.2, 0.25) is 11.0 Å². The zero-order valence-corrected chi connectivity index (χ0v) is 14.9. The van der Waals surface area contributed by atoms with Gasteiger partial charge in [-0.15, -0.1) is 10.2 Å². The van der Waals surface area contributed by atoms with Gasteiger partial charge in [0.15, 0.2) is 4.34 Å². The van der Waals surface area contributed by atoms with Crippen LogP contribution in [0.3, 0.4) is 0 Å². The molecular formula is C16H16N4O2S2. The maximum absolute atomic E-state index is 12.1. The van der Waals surface area contributed by atoms with Gasteiger partial charge in [0.25, 0.3) is 0 Å². The Balaban J connectivity index is 1.55. The summed E-state index contributed by atoms with van der Waals surface area (Å²) >= 11 is 2.97. The molecule has 0 radical (unpaired) electrons. The van der Waals surface area contributed by atoms with Crippen molar-refractivity contribution in [1.82, 2.24) is 15.4 Å². The number of hydrogen-bond acceptors (Lipinski definition) is 7. The number of aryl methyl sites for hydroxylation is 2. The van der Waals surface area contributed by atoms with Crippen LogP contribution in [-0.2, 0) is 17.0 Å². The highest BCUT2D eigenvalue weighted by atomic mass is 32.2. The first-order chi connectivity index (χ1) is 11.6. The predicted molar refractivity (Wildman–Crippen MR) is 94.2 cm³/mol. The number of nitrogens with zero attached hydrogens (tertiary/aromatic N) is 3. The highest BCUT2D eigenvalue weighted by Gasteiger charge is 2.15. The highest BCUT2D eigenvalue weighted by Crippen LogP contribution is 2.28. The molecule has 1 aromatic carbocycles. The Labute approximate surface area is 147 Å². The van der Waals surface area contributed by atoms with Crippen LogP contribution in [0.5, 0.6) is 0 Å². The van der Waals surface area contributed by atoms with Gasteiger partial charge in [-0.1, -0.05) is 58.6 Å². The fourth-order valence-electron chi connectivity index (χ4n) is 2.12. The minimum absolute atomic E-state index is 0.153. The van der Waals surface area contributed by atoms with Crippen molar-refractivity contribution >= 4 is 34.1 Å². The summed E-state index contributed by atoms with van der Waals surface area (Å²) < 4.78 is 5.89. The second kappa shape index (κ2) is 7.59. The molecule has 24 heavy (non-hydrogen) atoms. The van der Waals surface area contributed by atoms with Crippen molar-refractivity contribution in [2.24, 2.45) is 0 Å². The maximum Gasteiger partial charge on any atom is 0.230 e. The molecule has 2 aromatic heterocycles. The summed E-state index contributed by atoms with van der Waals surface area (Å²) in [7, 11) is 0. The number of benzene rings is 1. The van der Waals surface area contributed by atoms with E-state index in [4.69, 9.17) is 4.52 Å². The Bertz CT molecular complexity index is 810. The van der Waals surface area contributed by atoms with Crippen molar-refractivity contribution in [3.05, 3.63) is 52.9 Å². The van der Waals surface area contributed by atoms with Crippen LogP contribution in [0, 0.1) is 13.8 Å². The van der Waals surface area contributed by atoms with E-state index in [0.717, 1.165) is 21.3 Å². The third-order valence-corrected chi connectivity index (χ3v) is 5.42. The van der Waals surface area contributed by atoms with Gasteiger partial charge < -0.3 is 9.84 Å². The molecule has 0 saturated carbocycles. The summed E-state index contributed by atoms with van der Waals surface area (Å²) in [5, 5.41) is 15.2. The van der Waals surface area contributed by atoms with Gasteiger partial charge in [0.05, 0.1) is 12.1 Å². The first-order valence-corrected chi connectivity index (χ1v) is 9.14. The van der Waals surface area contributed by atoms with Crippen LogP contribution in [0.1, 0.15) is 22.6 Å². The minimum atomic E-state index is -0.153. The lowest BCUT2D eigenvalue weighted by Crippen LogP contribution is -2.15. The molecule has 0 saturated heterocycles. The fourth-order valence-corrected chi connectivity index (χ4v) is 3.84. The molecule has 8 heteroatoms. The Morgan fingerprint density at radius 1 is 1.25 bits per heavy atom. The Hall–Kier alpha value is -2.19. The second-order valence-corrected chi connectivity index (χ2v) is 7.38. The molecular weight excluding hydrogens is 344 g/mol. The van der Waals surface area contributed by atoms with E-state index < -0.39 is 0 Å². The number of carbonyl (C=O) groups is 1. The first-order valence-electron chi connectivity index (χ1n) is 7.33. The molecule has 3 aromatic rings. The molecule has 0 atom stereocenters. The lowest BCUT2D eigenvalue weighted by atomic mass is 10.1. The van der Waals surface area contributed by atoms with Gasteiger partial charge in [0.1, 0.15) is 5.76 Å². The van der Waals surface area contributed by atoms with Crippen molar-refractivity contribution < 1.29 is 9.32 Å².